The molecule has 1 N–H and O–H groups in total. The lowest BCUT2D eigenvalue weighted by molar-refractivity contribution is -0.126. The van der Waals surface area contributed by atoms with E-state index < -0.39 is 12.6 Å². The maximum atomic E-state index is 12.5. The largest absolute Gasteiger partial charge is 0.393 e. The van der Waals surface area contributed by atoms with Crippen molar-refractivity contribution in [3.8, 4) is 0 Å². The van der Waals surface area contributed by atoms with Crippen molar-refractivity contribution in [3.05, 3.63) is 16.5 Å². The molecule has 2 aliphatic heterocycles. The molecule has 0 spiro atoms. The van der Waals surface area contributed by atoms with Gasteiger partial charge in [-0.25, -0.2) is 0 Å². The Bertz CT molecular complexity index is 503. The standard InChI is InChI=1S/C13H16F3N3S/c14-13(15,16)6-11-5-9-7-18-8-19(12(9)20-11)10-1-3-17-4-2-10/h5,7,10,17H,1-4,6,8H2. The van der Waals surface area contributed by atoms with Gasteiger partial charge in [0.1, 0.15) is 11.7 Å². The van der Waals surface area contributed by atoms with Crippen molar-refractivity contribution in [3.63, 3.8) is 0 Å². The van der Waals surface area contributed by atoms with Crippen molar-refractivity contribution >= 4 is 22.6 Å². The van der Waals surface area contributed by atoms with E-state index in [-0.39, 0.29) is 0 Å². The Hall–Kier alpha value is -1.08. The van der Waals surface area contributed by atoms with Crippen LogP contribution < -0.4 is 10.2 Å². The van der Waals surface area contributed by atoms with Crippen molar-refractivity contribution in [1.82, 2.24) is 5.32 Å². The van der Waals surface area contributed by atoms with Crippen LogP contribution in [0.5, 0.6) is 0 Å². The summed E-state index contributed by atoms with van der Waals surface area (Å²) in [5.41, 5.74) is 0.832. The van der Waals surface area contributed by atoms with Gasteiger partial charge in [0, 0.05) is 22.7 Å². The van der Waals surface area contributed by atoms with Gasteiger partial charge in [-0.05, 0) is 32.0 Å². The molecule has 3 nitrogen and oxygen atoms in total. The summed E-state index contributed by atoms with van der Waals surface area (Å²) in [5.74, 6) is 0. The fourth-order valence-electron chi connectivity index (χ4n) is 2.74. The van der Waals surface area contributed by atoms with Gasteiger partial charge in [-0.15, -0.1) is 11.3 Å². The lowest BCUT2D eigenvalue weighted by Gasteiger charge is -2.36. The van der Waals surface area contributed by atoms with Gasteiger partial charge < -0.3 is 10.2 Å². The molecular formula is C13H16F3N3S. The summed E-state index contributed by atoms with van der Waals surface area (Å²) in [5, 5.41) is 4.25. The van der Waals surface area contributed by atoms with Gasteiger partial charge in [0.2, 0.25) is 0 Å². The number of anilines is 1. The molecule has 0 bridgehead atoms. The van der Waals surface area contributed by atoms with E-state index >= 15 is 0 Å². The van der Waals surface area contributed by atoms with Crippen LogP contribution in [0.3, 0.4) is 0 Å². The second kappa shape index (κ2) is 5.37. The average molecular weight is 303 g/mol. The smallest absolute Gasteiger partial charge is 0.340 e. The van der Waals surface area contributed by atoms with E-state index in [9.17, 15) is 13.2 Å². The quantitative estimate of drug-likeness (QED) is 0.910. The Morgan fingerprint density at radius 2 is 2.10 bits per heavy atom. The first kappa shape index (κ1) is 13.9. The van der Waals surface area contributed by atoms with E-state index in [1.165, 1.54) is 11.3 Å². The van der Waals surface area contributed by atoms with Gasteiger partial charge in [-0.1, -0.05) is 0 Å². The number of rotatable bonds is 2. The van der Waals surface area contributed by atoms with E-state index in [1.54, 1.807) is 12.3 Å². The predicted molar refractivity (Wildman–Crippen MR) is 74.9 cm³/mol. The summed E-state index contributed by atoms with van der Waals surface area (Å²) >= 11 is 1.26. The molecule has 0 aliphatic carbocycles. The maximum absolute atomic E-state index is 12.5. The van der Waals surface area contributed by atoms with Gasteiger partial charge in [-0.3, -0.25) is 4.99 Å². The third kappa shape index (κ3) is 2.98. The molecule has 20 heavy (non-hydrogen) atoms. The molecule has 1 fully saturated rings. The highest BCUT2D eigenvalue weighted by Gasteiger charge is 2.31. The van der Waals surface area contributed by atoms with E-state index in [2.05, 4.69) is 15.2 Å². The molecule has 2 aliphatic rings. The third-order valence-corrected chi connectivity index (χ3v) is 4.83. The molecule has 1 aromatic rings. The minimum atomic E-state index is -4.15. The summed E-state index contributed by atoms with van der Waals surface area (Å²) < 4.78 is 37.5. The summed E-state index contributed by atoms with van der Waals surface area (Å²) in [6, 6.07) is 2.01. The highest BCUT2D eigenvalue weighted by Crippen LogP contribution is 2.37. The molecule has 110 valence electrons. The first-order chi connectivity index (χ1) is 9.53. The zero-order chi connectivity index (χ0) is 14.2. The van der Waals surface area contributed by atoms with Crippen molar-refractivity contribution in [2.45, 2.75) is 31.5 Å². The van der Waals surface area contributed by atoms with Crippen LogP contribution in [0, 0.1) is 0 Å². The molecule has 1 aromatic heterocycles. The van der Waals surface area contributed by atoms with Crippen molar-refractivity contribution in [2.24, 2.45) is 4.99 Å². The van der Waals surface area contributed by atoms with Crippen LogP contribution in [0.25, 0.3) is 0 Å². The molecule has 3 heterocycles. The SMILES string of the molecule is FC(F)(F)Cc1cc2c(s1)N(C1CCNCC1)CN=C2. The zero-order valence-corrected chi connectivity index (χ0v) is 11.7. The second-order valence-corrected chi connectivity index (χ2v) is 6.28. The topological polar surface area (TPSA) is 27.6 Å². The lowest BCUT2D eigenvalue weighted by Crippen LogP contribution is -2.44. The molecule has 0 atom stereocenters. The molecule has 1 saturated heterocycles. The average Bonchev–Trinajstić information content (AvgIpc) is 2.79. The first-order valence-electron chi connectivity index (χ1n) is 6.69. The fourth-order valence-corrected chi connectivity index (χ4v) is 3.96. The molecule has 0 amide bonds. The number of halogens is 3. The number of aliphatic imine (C=N–C) groups is 1. The summed E-state index contributed by atoms with van der Waals surface area (Å²) in [7, 11) is 0. The summed E-state index contributed by atoms with van der Waals surface area (Å²) in [6.07, 6.45) is -1.27. The number of alkyl halides is 3. The van der Waals surface area contributed by atoms with Gasteiger partial charge in [0.15, 0.2) is 0 Å². The highest BCUT2D eigenvalue weighted by atomic mass is 32.1. The number of piperidine rings is 1. The summed E-state index contributed by atoms with van der Waals surface area (Å²) in [6.45, 7) is 2.48. The fraction of sp³-hybridized carbons (Fsp3) is 0.615. The van der Waals surface area contributed by atoms with Crippen molar-refractivity contribution < 1.29 is 13.2 Å². The van der Waals surface area contributed by atoms with Gasteiger partial charge in [0.25, 0.3) is 0 Å². The van der Waals surface area contributed by atoms with Crippen LogP contribution >= 0.6 is 11.3 Å². The molecule has 0 radical (unpaired) electrons. The number of fused-ring (bicyclic) bond motifs is 1. The van der Waals surface area contributed by atoms with Gasteiger partial charge in [0.05, 0.1) is 6.42 Å². The first-order valence-corrected chi connectivity index (χ1v) is 7.51. The molecule has 7 heteroatoms. The Balaban J connectivity index is 1.82. The molecule has 0 aromatic carbocycles. The minimum Gasteiger partial charge on any atom is -0.340 e. The van der Waals surface area contributed by atoms with Crippen molar-refractivity contribution in [1.29, 1.82) is 0 Å². The Morgan fingerprint density at radius 3 is 2.80 bits per heavy atom. The predicted octanol–water partition coefficient (Wildman–Crippen LogP) is 2.80. The van der Waals surface area contributed by atoms with Gasteiger partial charge in [-0.2, -0.15) is 13.2 Å². The number of nitrogens with zero attached hydrogens (tertiary/aromatic N) is 2. The monoisotopic (exact) mass is 303 g/mol. The number of hydrogen-bond donors (Lipinski definition) is 1. The zero-order valence-electron chi connectivity index (χ0n) is 10.9. The van der Waals surface area contributed by atoms with E-state index in [1.807, 2.05) is 0 Å². The maximum Gasteiger partial charge on any atom is 0.393 e. The van der Waals surface area contributed by atoms with E-state index in [0.717, 1.165) is 36.5 Å². The van der Waals surface area contributed by atoms with Crippen LogP contribution in [0.1, 0.15) is 23.3 Å². The van der Waals surface area contributed by atoms with Crippen LogP contribution in [0.15, 0.2) is 11.1 Å². The summed E-state index contributed by atoms with van der Waals surface area (Å²) in [4.78, 5) is 6.83. The molecule has 0 unspecified atom stereocenters. The molecule has 0 saturated carbocycles. The number of nitrogens with one attached hydrogen (secondary N) is 1. The number of thiophene rings is 1. The van der Waals surface area contributed by atoms with E-state index in [0.29, 0.717) is 17.6 Å². The van der Waals surface area contributed by atoms with Crippen molar-refractivity contribution in [2.75, 3.05) is 24.7 Å². The molecule has 3 rings (SSSR count). The third-order valence-electron chi connectivity index (χ3n) is 3.64. The minimum absolute atomic E-state index is 0.370. The van der Waals surface area contributed by atoms with Crippen LogP contribution in [0.2, 0.25) is 0 Å². The van der Waals surface area contributed by atoms with E-state index in [4.69, 9.17) is 0 Å². The normalized spacial score (nSPS) is 20.2. The van der Waals surface area contributed by atoms with Crippen LogP contribution in [0.4, 0.5) is 18.2 Å². The Morgan fingerprint density at radius 1 is 1.35 bits per heavy atom. The Labute approximate surface area is 119 Å². The second-order valence-electron chi connectivity index (χ2n) is 5.17. The number of hydrogen-bond acceptors (Lipinski definition) is 4. The van der Waals surface area contributed by atoms with Crippen LogP contribution in [-0.4, -0.2) is 38.2 Å². The highest BCUT2D eigenvalue weighted by molar-refractivity contribution is 7.16. The van der Waals surface area contributed by atoms with Crippen LogP contribution in [-0.2, 0) is 6.42 Å². The lowest BCUT2D eigenvalue weighted by atomic mass is 10.0. The Kier molecular flexibility index (Phi) is 3.72. The van der Waals surface area contributed by atoms with Gasteiger partial charge >= 0.3 is 6.18 Å². The molecular weight excluding hydrogens is 287 g/mol.